The van der Waals surface area contributed by atoms with E-state index in [2.05, 4.69) is 5.32 Å². The van der Waals surface area contributed by atoms with Crippen LogP contribution < -0.4 is 10.1 Å². The van der Waals surface area contributed by atoms with Crippen LogP contribution in [0.4, 0.5) is 4.39 Å². The molecule has 2 atom stereocenters. The molecule has 0 heterocycles. The normalized spacial score (nSPS) is 25.4. The number of likely N-dealkylation sites (N-methyl/N-ethyl adjacent to an activating group) is 1. The van der Waals surface area contributed by atoms with E-state index in [1.165, 1.54) is 13.2 Å². The van der Waals surface area contributed by atoms with Crippen molar-refractivity contribution < 1.29 is 18.7 Å². The Kier molecular flexibility index (Phi) is 5.17. The van der Waals surface area contributed by atoms with E-state index in [0.29, 0.717) is 19.4 Å². The number of ether oxygens (including phenoxy) is 2. The van der Waals surface area contributed by atoms with Crippen molar-refractivity contribution in [2.75, 3.05) is 13.7 Å². The van der Waals surface area contributed by atoms with E-state index in [1.807, 2.05) is 6.92 Å². The first kappa shape index (κ1) is 15.8. The first-order chi connectivity index (χ1) is 10.1. The van der Waals surface area contributed by atoms with Crippen LogP contribution in [0.25, 0.3) is 0 Å². The van der Waals surface area contributed by atoms with Crippen molar-refractivity contribution in [1.29, 1.82) is 0 Å². The van der Waals surface area contributed by atoms with Gasteiger partial charge in [0.15, 0.2) is 11.6 Å². The first-order valence-electron chi connectivity index (χ1n) is 7.36. The summed E-state index contributed by atoms with van der Waals surface area (Å²) in [7, 11) is 1.39. The number of methoxy groups -OCH3 is 1. The van der Waals surface area contributed by atoms with E-state index in [1.54, 1.807) is 18.2 Å². The van der Waals surface area contributed by atoms with E-state index in [-0.39, 0.29) is 23.6 Å². The number of esters is 1. The van der Waals surface area contributed by atoms with Gasteiger partial charge in [0.25, 0.3) is 0 Å². The van der Waals surface area contributed by atoms with E-state index in [4.69, 9.17) is 9.47 Å². The Balaban J connectivity index is 2.12. The predicted molar refractivity (Wildman–Crippen MR) is 77.7 cm³/mol. The largest absolute Gasteiger partial charge is 0.487 e. The third-order valence-electron chi connectivity index (χ3n) is 3.93. The van der Waals surface area contributed by atoms with Crippen LogP contribution in [0.2, 0.25) is 0 Å². The zero-order valence-corrected chi connectivity index (χ0v) is 12.5. The Morgan fingerprint density at radius 1 is 1.48 bits per heavy atom. The quantitative estimate of drug-likeness (QED) is 0.848. The maximum absolute atomic E-state index is 13.7. The summed E-state index contributed by atoms with van der Waals surface area (Å²) in [5.74, 6) is -0.416. The van der Waals surface area contributed by atoms with Gasteiger partial charge in [0.2, 0.25) is 0 Å². The molecule has 1 fully saturated rings. The second-order valence-electron chi connectivity index (χ2n) is 5.37. The molecule has 5 heteroatoms. The molecule has 21 heavy (non-hydrogen) atoms. The predicted octanol–water partition coefficient (Wildman–Crippen LogP) is 2.67. The monoisotopic (exact) mass is 295 g/mol. The summed E-state index contributed by atoms with van der Waals surface area (Å²) in [6, 6.07) is 6.34. The fourth-order valence-electron chi connectivity index (χ4n) is 3.00. The Morgan fingerprint density at radius 3 is 2.90 bits per heavy atom. The maximum atomic E-state index is 13.7. The number of carbonyl (C=O) groups is 1. The maximum Gasteiger partial charge on any atom is 0.326 e. The highest BCUT2D eigenvalue weighted by Gasteiger charge is 2.44. The van der Waals surface area contributed by atoms with Gasteiger partial charge in [0, 0.05) is 6.42 Å². The Labute approximate surface area is 124 Å². The van der Waals surface area contributed by atoms with Gasteiger partial charge in [-0.25, -0.2) is 4.39 Å². The first-order valence-corrected chi connectivity index (χ1v) is 7.36. The zero-order chi connectivity index (χ0) is 15.3. The Hall–Kier alpha value is -1.62. The topological polar surface area (TPSA) is 47.6 Å². The summed E-state index contributed by atoms with van der Waals surface area (Å²) in [6.45, 7) is 2.62. The van der Waals surface area contributed by atoms with E-state index in [0.717, 1.165) is 12.8 Å². The second kappa shape index (κ2) is 6.89. The molecule has 1 aromatic carbocycles. The minimum absolute atomic E-state index is 0.200. The lowest BCUT2D eigenvalue weighted by Gasteiger charge is -2.39. The van der Waals surface area contributed by atoms with Crippen LogP contribution >= 0.6 is 0 Å². The number of carbonyl (C=O) groups excluding carboxylic acids is 1. The third kappa shape index (κ3) is 3.53. The van der Waals surface area contributed by atoms with Crippen LogP contribution in [0, 0.1) is 5.82 Å². The molecule has 1 aliphatic carbocycles. The van der Waals surface area contributed by atoms with Crippen molar-refractivity contribution >= 4 is 5.97 Å². The molecule has 116 valence electrons. The van der Waals surface area contributed by atoms with Crippen molar-refractivity contribution in [3.05, 3.63) is 30.1 Å². The van der Waals surface area contributed by atoms with Crippen LogP contribution in [-0.2, 0) is 9.53 Å². The summed E-state index contributed by atoms with van der Waals surface area (Å²) in [4.78, 5) is 12.1. The lowest BCUT2D eigenvalue weighted by atomic mass is 9.80. The van der Waals surface area contributed by atoms with Crippen LogP contribution in [0.5, 0.6) is 5.75 Å². The molecular formula is C16H22FNO3. The number of benzene rings is 1. The molecule has 0 bridgehead atoms. The highest BCUT2D eigenvalue weighted by Crippen LogP contribution is 2.32. The molecule has 2 unspecified atom stereocenters. The smallest absolute Gasteiger partial charge is 0.326 e. The molecule has 1 aromatic rings. The molecular weight excluding hydrogens is 273 g/mol. The fourth-order valence-corrected chi connectivity index (χ4v) is 3.00. The van der Waals surface area contributed by atoms with Crippen molar-refractivity contribution in [2.45, 2.75) is 44.2 Å². The molecule has 2 rings (SSSR count). The molecule has 0 aliphatic heterocycles. The lowest BCUT2D eigenvalue weighted by Crippen LogP contribution is -2.57. The molecule has 1 N–H and O–H groups in total. The average Bonchev–Trinajstić information content (AvgIpc) is 2.49. The summed E-state index contributed by atoms with van der Waals surface area (Å²) in [5.41, 5.74) is -0.725. The summed E-state index contributed by atoms with van der Waals surface area (Å²) in [5, 5.41) is 3.23. The molecule has 0 radical (unpaired) electrons. The number of para-hydroxylation sites is 1. The van der Waals surface area contributed by atoms with Crippen LogP contribution in [0.1, 0.15) is 32.6 Å². The molecule has 1 aliphatic rings. The van der Waals surface area contributed by atoms with Gasteiger partial charge in [-0.3, -0.25) is 4.79 Å². The van der Waals surface area contributed by atoms with Gasteiger partial charge in [-0.15, -0.1) is 0 Å². The van der Waals surface area contributed by atoms with E-state index in [9.17, 15) is 9.18 Å². The summed E-state index contributed by atoms with van der Waals surface area (Å²) >= 11 is 0. The van der Waals surface area contributed by atoms with Gasteiger partial charge in [-0.1, -0.05) is 19.1 Å². The molecule has 0 spiro atoms. The van der Waals surface area contributed by atoms with Crippen LogP contribution in [0.3, 0.4) is 0 Å². The van der Waals surface area contributed by atoms with Crippen molar-refractivity contribution in [3.8, 4) is 5.75 Å². The molecule has 0 amide bonds. The van der Waals surface area contributed by atoms with Gasteiger partial charge >= 0.3 is 5.97 Å². The summed E-state index contributed by atoms with van der Waals surface area (Å²) < 4.78 is 24.4. The molecule has 1 saturated carbocycles. The highest BCUT2D eigenvalue weighted by atomic mass is 19.1. The standard InChI is InChI=1S/C16H22FNO3/c1-3-18-16(15(19)20-2)10-6-7-12(11-16)21-14-9-5-4-8-13(14)17/h4-5,8-9,12,18H,3,6-7,10-11H2,1-2H3. The number of hydrogen-bond acceptors (Lipinski definition) is 4. The SMILES string of the molecule is CCNC1(C(=O)OC)CCCC(Oc2ccccc2F)C1. The van der Waals surface area contributed by atoms with Gasteiger partial charge in [-0.05, 0) is 37.9 Å². The number of halogens is 1. The van der Waals surface area contributed by atoms with E-state index < -0.39 is 5.54 Å². The number of nitrogens with one attached hydrogen (secondary N) is 1. The van der Waals surface area contributed by atoms with Crippen molar-refractivity contribution in [2.24, 2.45) is 0 Å². The summed E-state index contributed by atoms with van der Waals surface area (Å²) in [6.07, 6.45) is 2.64. The van der Waals surface area contributed by atoms with Gasteiger partial charge in [-0.2, -0.15) is 0 Å². The van der Waals surface area contributed by atoms with Crippen molar-refractivity contribution in [1.82, 2.24) is 5.32 Å². The van der Waals surface area contributed by atoms with E-state index >= 15 is 0 Å². The van der Waals surface area contributed by atoms with Crippen LogP contribution in [0.15, 0.2) is 24.3 Å². The number of rotatable bonds is 5. The van der Waals surface area contributed by atoms with Gasteiger partial charge in [0.1, 0.15) is 11.6 Å². The second-order valence-corrected chi connectivity index (χ2v) is 5.37. The average molecular weight is 295 g/mol. The minimum atomic E-state index is -0.725. The molecule has 4 nitrogen and oxygen atoms in total. The van der Waals surface area contributed by atoms with Crippen molar-refractivity contribution in [3.63, 3.8) is 0 Å². The fraction of sp³-hybridized carbons (Fsp3) is 0.562. The minimum Gasteiger partial charge on any atom is -0.487 e. The van der Waals surface area contributed by atoms with Crippen LogP contribution in [-0.4, -0.2) is 31.3 Å². The Morgan fingerprint density at radius 2 is 2.24 bits per heavy atom. The zero-order valence-electron chi connectivity index (χ0n) is 12.5. The molecule has 0 saturated heterocycles. The Bertz CT molecular complexity index is 490. The van der Waals surface area contributed by atoms with Gasteiger partial charge in [0.05, 0.1) is 7.11 Å². The third-order valence-corrected chi connectivity index (χ3v) is 3.93. The number of hydrogen-bond donors (Lipinski definition) is 1. The molecule has 0 aromatic heterocycles. The lowest BCUT2D eigenvalue weighted by molar-refractivity contribution is -0.151. The highest BCUT2D eigenvalue weighted by molar-refractivity contribution is 5.81. The van der Waals surface area contributed by atoms with Gasteiger partial charge < -0.3 is 14.8 Å².